The number of nitrogens with one attached hydrogen (secondary N) is 1. The number of carbonyl (C=O) groups excluding carboxylic acids is 4. The molecule has 156 valence electrons. The first-order chi connectivity index (χ1) is 13.7. The predicted octanol–water partition coefficient (Wildman–Crippen LogP) is 2.85. The molecular formula is C21H26N2O5S. The van der Waals surface area contributed by atoms with Gasteiger partial charge in [-0.3, -0.25) is 14.4 Å². The molecule has 0 radical (unpaired) electrons. The number of hydrogen-bond donors (Lipinski definition) is 1. The molecule has 2 aliphatic heterocycles. The Balaban J connectivity index is 1.52. The minimum Gasteiger partial charge on any atom is -0.456 e. The highest BCUT2D eigenvalue weighted by Crippen LogP contribution is 2.47. The van der Waals surface area contributed by atoms with Gasteiger partial charge in [-0.1, -0.05) is 13.8 Å². The molecule has 2 heterocycles. The maximum atomic E-state index is 12.4. The normalized spacial score (nSPS) is 23.2. The first kappa shape index (κ1) is 21.4. The summed E-state index contributed by atoms with van der Waals surface area (Å²) < 4.78 is 5.22. The fraction of sp³-hybridized carbons (Fsp3) is 0.524. The lowest BCUT2D eigenvalue weighted by Gasteiger charge is -2.29. The van der Waals surface area contributed by atoms with E-state index in [9.17, 15) is 19.2 Å². The number of ether oxygens (including phenoxy) is 1. The second kappa shape index (κ2) is 8.57. The lowest BCUT2D eigenvalue weighted by Crippen LogP contribution is -2.46. The van der Waals surface area contributed by atoms with Crippen molar-refractivity contribution in [1.82, 2.24) is 4.90 Å². The zero-order valence-electron chi connectivity index (χ0n) is 16.9. The Kier molecular flexibility index (Phi) is 6.31. The Hall–Kier alpha value is -2.35. The monoisotopic (exact) mass is 418 g/mol. The zero-order valence-corrected chi connectivity index (χ0v) is 17.7. The predicted molar refractivity (Wildman–Crippen MR) is 111 cm³/mol. The number of rotatable bonds is 7. The van der Waals surface area contributed by atoms with E-state index in [1.54, 1.807) is 40.9 Å². The van der Waals surface area contributed by atoms with Gasteiger partial charge >= 0.3 is 5.97 Å². The van der Waals surface area contributed by atoms with Crippen LogP contribution in [0.15, 0.2) is 24.3 Å². The van der Waals surface area contributed by atoms with Crippen LogP contribution in [0.2, 0.25) is 0 Å². The van der Waals surface area contributed by atoms with Crippen molar-refractivity contribution in [3.63, 3.8) is 0 Å². The van der Waals surface area contributed by atoms with Crippen molar-refractivity contribution < 1.29 is 23.9 Å². The Bertz CT molecular complexity index is 823. The molecule has 0 unspecified atom stereocenters. The summed E-state index contributed by atoms with van der Waals surface area (Å²) in [5.74, 6) is -0.244. The number of fused-ring (bicyclic) bond motifs is 1. The van der Waals surface area contributed by atoms with Crippen LogP contribution in [0.3, 0.4) is 0 Å². The number of thioether (sulfide) groups is 1. The van der Waals surface area contributed by atoms with E-state index in [1.165, 1.54) is 0 Å². The highest BCUT2D eigenvalue weighted by molar-refractivity contribution is 8.01. The van der Waals surface area contributed by atoms with E-state index in [1.807, 2.05) is 20.8 Å². The van der Waals surface area contributed by atoms with Crippen LogP contribution in [0.25, 0.3) is 0 Å². The number of hydrogen-bond acceptors (Lipinski definition) is 6. The number of anilines is 1. The average molecular weight is 419 g/mol. The van der Waals surface area contributed by atoms with Gasteiger partial charge in [0, 0.05) is 29.8 Å². The van der Waals surface area contributed by atoms with Crippen LogP contribution in [-0.4, -0.2) is 51.7 Å². The van der Waals surface area contributed by atoms with Crippen molar-refractivity contribution in [2.24, 2.45) is 5.92 Å². The summed E-state index contributed by atoms with van der Waals surface area (Å²) in [4.78, 5) is 50.0. The van der Waals surface area contributed by atoms with E-state index in [0.29, 0.717) is 29.8 Å². The van der Waals surface area contributed by atoms with Gasteiger partial charge in [0.2, 0.25) is 11.8 Å². The van der Waals surface area contributed by atoms with Crippen LogP contribution in [0.1, 0.15) is 50.4 Å². The molecule has 7 nitrogen and oxygen atoms in total. The second-order valence-electron chi connectivity index (χ2n) is 8.02. The van der Waals surface area contributed by atoms with Crippen molar-refractivity contribution >= 4 is 41.0 Å². The molecule has 0 saturated carbocycles. The lowest BCUT2D eigenvalue weighted by molar-refractivity contribution is -0.152. The third-order valence-electron chi connectivity index (χ3n) is 5.15. The van der Waals surface area contributed by atoms with Crippen molar-refractivity contribution in [2.45, 2.75) is 50.9 Å². The van der Waals surface area contributed by atoms with Gasteiger partial charge in [0.05, 0.1) is 4.87 Å². The van der Waals surface area contributed by atoms with Crippen LogP contribution >= 0.6 is 11.8 Å². The van der Waals surface area contributed by atoms with E-state index < -0.39 is 12.0 Å². The molecule has 2 amide bonds. The second-order valence-corrected chi connectivity index (χ2v) is 9.52. The molecule has 2 fully saturated rings. The highest BCUT2D eigenvalue weighted by Gasteiger charge is 2.53. The molecule has 2 atom stereocenters. The average Bonchev–Trinajstić information content (AvgIpc) is 3.15. The van der Waals surface area contributed by atoms with Crippen LogP contribution in [-0.2, 0) is 19.1 Å². The number of nitrogens with zero attached hydrogens (tertiary/aromatic N) is 1. The molecular weight excluding hydrogens is 392 g/mol. The maximum Gasteiger partial charge on any atom is 0.330 e. The fourth-order valence-corrected chi connectivity index (χ4v) is 5.05. The van der Waals surface area contributed by atoms with Gasteiger partial charge in [0.1, 0.15) is 6.04 Å². The zero-order chi connectivity index (χ0) is 21.2. The molecule has 0 spiro atoms. The van der Waals surface area contributed by atoms with E-state index in [-0.39, 0.29) is 35.0 Å². The molecule has 1 aromatic carbocycles. The summed E-state index contributed by atoms with van der Waals surface area (Å²) in [5, 5.41) is 2.78. The van der Waals surface area contributed by atoms with E-state index >= 15 is 0 Å². The summed E-state index contributed by atoms with van der Waals surface area (Å²) in [6.45, 7) is 5.51. The van der Waals surface area contributed by atoms with Crippen LogP contribution in [0.5, 0.6) is 0 Å². The van der Waals surface area contributed by atoms with E-state index in [2.05, 4.69) is 5.32 Å². The van der Waals surface area contributed by atoms with Gasteiger partial charge in [-0.2, -0.15) is 0 Å². The minimum absolute atomic E-state index is 0.0409. The maximum absolute atomic E-state index is 12.4. The Labute approximate surface area is 174 Å². The Morgan fingerprint density at radius 3 is 2.62 bits per heavy atom. The van der Waals surface area contributed by atoms with Crippen LogP contribution in [0.4, 0.5) is 5.69 Å². The number of esters is 1. The Morgan fingerprint density at radius 1 is 1.28 bits per heavy atom. The number of amides is 2. The number of benzene rings is 1. The summed E-state index contributed by atoms with van der Waals surface area (Å²) >= 11 is 1.58. The number of ketones is 1. The number of carbonyl (C=O) groups is 4. The number of Topliss-reactive ketones (excluding diaryl/α,β-unsaturated/α-hetero) is 1. The van der Waals surface area contributed by atoms with Crippen molar-refractivity contribution in [3.8, 4) is 0 Å². The highest BCUT2D eigenvalue weighted by atomic mass is 32.2. The molecule has 0 bridgehead atoms. The molecule has 29 heavy (non-hydrogen) atoms. The van der Waals surface area contributed by atoms with Crippen LogP contribution in [0, 0.1) is 5.92 Å². The van der Waals surface area contributed by atoms with E-state index in [4.69, 9.17) is 4.74 Å². The van der Waals surface area contributed by atoms with Gasteiger partial charge in [-0.15, -0.1) is 11.8 Å². The summed E-state index contributed by atoms with van der Waals surface area (Å²) in [7, 11) is 0. The molecule has 2 aliphatic rings. The van der Waals surface area contributed by atoms with Gasteiger partial charge in [0.25, 0.3) is 0 Å². The van der Waals surface area contributed by atoms with Gasteiger partial charge in [-0.25, -0.2) is 4.79 Å². The topological polar surface area (TPSA) is 92.8 Å². The standard InChI is InChI=1S/C21H26N2O5S/c1-13(2)10-18(25)22-15-6-4-14(5-7-15)17(24)11-28-20(27)16-12-29-21(3)9-8-19(26)23(16)21/h4-7,13,16H,8-12H2,1-3H3,(H,22,25)/t16-,21-/m1/s1. The van der Waals surface area contributed by atoms with Crippen molar-refractivity contribution in [3.05, 3.63) is 29.8 Å². The summed E-state index contributed by atoms with van der Waals surface area (Å²) in [6, 6.07) is 5.84. The smallest absolute Gasteiger partial charge is 0.330 e. The van der Waals surface area contributed by atoms with Crippen LogP contribution < -0.4 is 5.32 Å². The molecule has 1 N–H and O–H groups in total. The Morgan fingerprint density at radius 2 is 1.97 bits per heavy atom. The van der Waals surface area contributed by atoms with Gasteiger partial charge < -0.3 is 15.0 Å². The van der Waals surface area contributed by atoms with Crippen molar-refractivity contribution in [2.75, 3.05) is 17.7 Å². The fourth-order valence-electron chi connectivity index (χ4n) is 3.63. The third kappa shape index (κ3) is 4.80. The first-order valence-corrected chi connectivity index (χ1v) is 10.7. The molecule has 1 aromatic rings. The molecule has 0 aromatic heterocycles. The molecule has 2 saturated heterocycles. The van der Waals surface area contributed by atoms with Crippen molar-refractivity contribution in [1.29, 1.82) is 0 Å². The lowest BCUT2D eigenvalue weighted by atomic mass is 10.1. The third-order valence-corrected chi connectivity index (χ3v) is 6.65. The minimum atomic E-state index is -0.633. The largest absolute Gasteiger partial charge is 0.456 e. The summed E-state index contributed by atoms with van der Waals surface area (Å²) in [6.07, 6.45) is 1.58. The van der Waals surface area contributed by atoms with E-state index in [0.717, 1.165) is 6.42 Å². The summed E-state index contributed by atoms with van der Waals surface area (Å²) in [5.41, 5.74) is 1.00. The molecule has 8 heteroatoms. The SMILES string of the molecule is CC(C)CC(=O)Nc1ccc(C(=O)COC(=O)[C@H]2CS[C@]3(C)CCC(=O)N23)cc1. The molecule has 3 rings (SSSR count). The first-order valence-electron chi connectivity index (χ1n) is 9.75. The van der Waals surface area contributed by atoms with Gasteiger partial charge in [0.15, 0.2) is 12.4 Å². The quantitative estimate of drug-likeness (QED) is 0.541. The molecule has 0 aliphatic carbocycles. The van der Waals surface area contributed by atoms with Gasteiger partial charge in [-0.05, 0) is 43.5 Å².